The third kappa shape index (κ3) is 5.40. The summed E-state index contributed by atoms with van der Waals surface area (Å²) in [5.41, 5.74) is 1.59. The average Bonchev–Trinajstić information content (AvgIpc) is 2.43. The predicted octanol–water partition coefficient (Wildman–Crippen LogP) is 5.92. The molecule has 0 amide bonds. The predicted molar refractivity (Wildman–Crippen MR) is 95.5 cm³/mol. The molecule has 0 N–H and O–H groups in total. The smallest absolute Gasteiger partial charge is 0.120 e. The summed E-state index contributed by atoms with van der Waals surface area (Å²) in [4.78, 5) is 1.29. The second-order valence-electron chi connectivity index (χ2n) is 5.93. The van der Waals surface area contributed by atoms with E-state index in [2.05, 4.69) is 61.0 Å². The van der Waals surface area contributed by atoms with Crippen molar-refractivity contribution in [3.05, 3.63) is 58.6 Å². The SMILES string of the molecule is CC(C)(C)c1ccc(SCCOc2cccc(Br)c2)cc1. The van der Waals surface area contributed by atoms with E-state index in [4.69, 9.17) is 4.74 Å². The highest BCUT2D eigenvalue weighted by Crippen LogP contribution is 2.25. The zero-order valence-corrected chi connectivity index (χ0v) is 15.1. The fraction of sp³-hybridized carbons (Fsp3) is 0.333. The lowest BCUT2D eigenvalue weighted by atomic mass is 9.87. The quantitative estimate of drug-likeness (QED) is 0.481. The number of thioether (sulfide) groups is 1. The zero-order valence-electron chi connectivity index (χ0n) is 12.7. The van der Waals surface area contributed by atoms with Crippen molar-refractivity contribution in [3.8, 4) is 5.75 Å². The molecular weight excluding hydrogens is 344 g/mol. The first kappa shape index (κ1) is 16.4. The molecule has 2 aromatic carbocycles. The van der Waals surface area contributed by atoms with Gasteiger partial charge in [0.15, 0.2) is 0 Å². The van der Waals surface area contributed by atoms with Gasteiger partial charge in [0.05, 0.1) is 6.61 Å². The van der Waals surface area contributed by atoms with Gasteiger partial charge in [-0.2, -0.15) is 0 Å². The number of halogens is 1. The first-order valence-electron chi connectivity index (χ1n) is 7.07. The van der Waals surface area contributed by atoms with Crippen LogP contribution in [0.1, 0.15) is 26.3 Å². The molecule has 0 heterocycles. The van der Waals surface area contributed by atoms with E-state index in [0.29, 0.717) is 6.61 Å². The van der Waals surface area contributed by atoms with E-state index in [1.807, 2.05) is 36.0 Å². The molecule has 0 radical (unpaired) electrons. The van der Waals surface area contributed by atoms with Gasteiger partial charge in [-0.15, -0.1) is 11.8 Å². The Morgan fingerprint density at radius 1 is 1.05 bits per heavy atom. The zero-order chi connectivity index (χ0) is 15.3. The highest BCUT2D eigenvalue weighted by Gasteiger charge is 2.12. The summed E-state index contributed by atoms with van der Waals surface area (Å²) in [5, 5.41) is 0. The molecule has 0 unspecified atom stereocenters. The largest absolute Gasteiger partial charge is 0.493 e. The molecule has 0 saturated carbocycles. The third-order valence-electron chi connectivity index (χ3n) is 3.14. The Hall–Kier alpha value is -0.930. The maximum atomic E-state index is 5.74. The van der Waals surface area contributed by atoms with Crippen molar-refractivity contribution >= 4 is 27.7 Å². The minimum absolute atomic E-state index is 0.215. The summed E-state index contributed by atoms with van der Waals surface area (Å²) in [6.07, 6.45) is 0. The standard InChI is InChI=1S/C18H21BrOS/c1-18(2,3)14-7-9-17(10-8-14)21-12-11-20-16-6-4-5-15(19)13-16/h4-10,13H,11-12H2,1-3H3. The van der Waals surface area contributed by atoms with Crippen LogP contribution >= 0.6 is 27.7 Å². The maximum Gasteiger partial charge on any atom is 0.120 e. The molecular formula is C18H21BrOS. The summed E-state index contributed by atoms with van der Waals surface area (Å²) in [7, 11) is 0. The van der Waals surface area contributed by atoms with Crippen LogP contribution in [-0.4, -0.2) is 12.4 Å². The number of ether oxygens (including phenoxy) is 1. The van der Waals surface area contributed by atoms with Gasteiger partial charge in [-0.05, 0) is 41.3 Å². The highest BCUT2D eigenvalue weighted by molar-refractivity contribution is 9.10. The van der Waals surface area contributed by atoms with Crippen LogP contribution in [0.4, 0.5) is 0 Å². The second-order valence-corrected chi connectivity index (χ2v) is 8.01. The first-order chi connectivity index (χ1) is 9.95. The Morgan fingerprint density at radius 3 is 2.38 bits per heavy atom. The van der Waals surface area contributed by atoms with Crippen molar-refractivity contribution in [2.24, 2.45) is 0 Å². The van der Waals surface area contributed by atoms with E-state index < -0.39 is 0 Å². The topological polar surface area (TPSA) is 9.23 Å². The normalized spacial score (nSPS) is 11.4. The maximum absolute atomic E-state index is 5.74. The number of benzene rings is 2. The molecule has 0 bridgehead atoms. The monoisotopic (exact) mass is 364 g/mol. The third-order valence-corrected chi connectivity index (χ3v) is 4.61. The van der Waals surface area contributed by atoms with E-state index in [1.165, 1.54) is 10.5 Å². The van der Waals surface area contributed by atoms with Crippen LogP contribution in [0.15, 0.2) is 57.9 Å². The van der Waals surface area contributed by atoms with Gasteiger partial charge in [0, 0.05) is 15.1 Å². The molecule has 0 fully saturated rings. The lowest BCUT2D eigenvalue weighted by Crippen LogP contribution is -2.10. The van der Waals surface area contributed by atoms with Gasteiger partial charge in [0.1, 0.15) is 5.75 Å². The Balaban J connectivity index is 1.79. The Kier molecular flexibility index (Phi) is 5.77. The van der Waals surface area contributed by atoms with Gasteiger partial charge in [-0.1, -0.05) is 54.9 Å². The molecule has 0 aromatic heterocycles. The minimum Gasteiger partial charge on any atom is -0.493 e. The molecule has 112 valence electrons. The van der Waals surface area contributed by atoms with E-state index in [0.717, 1.165) is 16.0 Å². The van der Waals surface area contributed by atoms with E-state index in [9.17, 15) is 0 Å². The fourth-order valence-electron chi connectivity index (χ4n) is 1.93. The number of rotatable bonds is 5. The van der Waals surface area contributed by atoms with Crippen molar-refractivity contribution in [1.29, 1.82) is 0 Å². The Morgan fingerprint density at radius 2 is 1.76 bits per heavy atom. The molecule has 3 heteroatoms. The highest BCUT2D eigenvalue weighted by atomic mass is 79.9. The molecule has 0 atom stereocenters. The summed E-state index contributed by atoms with van der Waals surface area (Å²) in [5.74, 6) is 1.86. The van der Waals surface area contributed by atoms with Gasteiger partial charge in [0.25, 0.3) is 0 Å². The summed E-state index contributed by atoms with van der Waals surface area (Å²) in [6.45, 7) is 7.42. The number of hydrogen-bond acceptors (Lipinski definition) is 2. The van der Waals surface area contributed by atoms with Gasteiger partial charge >= 0.3 is 0 Å². The molecule has 2 rings (SSSR count). The fourth-order valence-corrected chi connectivity index (χ4v) is 3.04. The van der Waals surface area contributed by atoms with Crippen LogP contribution in [0.2, 0.25) is 0 Å². The van der Waals surface area contributed by atoms with E-state index in [1.54, 1.807) is 0 Å². The van der Waals surface area contributed by atoms with Gasteiger partial charge in [0.2, 0.25) is 0 Å². The summed E-state index contributed by atoms with van der Waals surface area (Å²) in [6, 6.07) is 16.8. The lowest BCUT2D eigenvalue weighted by molar-refractivity contribution is 0.344. The summed E-state index contributed by atoms with van der Waals surface area (Å²) < 4.78 is 6.78. The first-order valence-corrected chi connectivity index (χ1v) is 8.85. The van der Waals surface area contributed by atoms with Crippen molar-refractivity contribution in [2.75, 3.05) is 12.4 Å². The van der Waals surface area contributed by atoms with Crippen molar-refractivity contribution in [1.82, 2.24) is 0 Å². The van der Waals surface area contributed by atoms with Gasteiger partial charge in [-0.3, -0.25) is 0 Å². The molecule has 0 aliphatic carbocycles. The average molecular weight is 365 g/mol. The molecule has 0 spiro atoms. The minimum atomic E-state index is 0.215. The lowest BCUT2D eigenvalue weighted by Gasteiger charge is -2.19. The van der Waals surface area contributed by atoms with Crippen LogP contribution in [0.5, 0.6) is 5.75 Å². The number of hydrogen-bond donors (Lipinski definition) is 0. The molecule has 21 heavy (non-hydrogen) atoms. The molecule has 0 aliphatic rings. The van der Waals surface area contributed by atoms with E-state index in [-0.39, 0.29) is 5.41 Å². The van der Waals surface area contributed by atoms with Crippen LogP contribution in [0, 0.1) is 0 Å². The van der Waals surface area contributed by atoms with Gasteiger partial charge in [-0.25, -0.2) is 0 Å². The molecule has 0 aliphatic heterocycles. The molecule has 0 saturated heterocycles. The van der Waals surface area contributed by atoms with E-state index >= 15 is 0 Å². The van der Waals surface area contributed by atoms with Crippen molar-refractivity contribution in [2.45, 2.75) is 31.1 Å². The van der Waals surface area contributed by atoms with Gasteiger partial charge < -0.3 is 4.74 Å². The molecule has 2 aromatic rings. The Labute approximate surface area is 140 Å². The summed E-state index contributed by atoms with van der Waals surface area (Å²) >= 11 is 5.27. The van der Waals surface area contributed by atoms with Crippen LogP contribution in [0.25, 0.3) is 0 Å². The Bertz CT molecular complexity index is 573. The van der Waals surface area contributed by atoms with Crippen molar-refractivity contribution in [3.63, 3.8) is 0 Å². The second kappa shape index (κ2) is 7.37. The van der Waals surface area contributed by atoms with Crippen LogP contribution < -0.4 is 4.74 Å². The van der Waals surface area contributed by atoms with Crippen LogP contribution in [-0.2, 0) is 5.41 Å². The van der Waals surface area contributed by atoms with Crippen LogP contribution in [0.3, 0.4) is 0 Å². The molecule has 1 nitrogen and oxygen atoms in total. The van der Waals surface area contributed by atoms with Crippen molar-refractivity contribution < 1.29 is 4.74 Å².